The number of rotatable bonds is 7. The Hall–Kier alpha value is -2.32. The van der Waals surface area contributed by atoms with Crippen molar-refractivity contribution < 1.29 is 4.79 Å². The van der Waals surface area contributed by atoms with Crippen molar-refractivity contribution in [2.45, 2.75) is 29.9 Å². The minimum Gasteiger partial charge on any atom is -0.302 e. The lowest BCUT2D eigenvalue weighted by Gasteiger charge is -2.46. The molecule has 0 aliphatic carbocycles. The lowest BCUT2D eigenvalue weighted by molar-refractivity contribution is -0.110. The molecule has 0 spiro atoms. The molecule has 2 heteroatoms. The standard InChI is InChI=1S/C24H24OS/c1-2-18-23(26,19-25)24(20-12-6-3-7-13-20,21-14-8-4-9-15-21)22-16-10-5-11-17-22/h3-17,19,26H,2,18H2,1H3. The molecule has 1 nitrogen and oxygen atoms in total. The zero-order valence-electron chi connectivity index (χ0n) is 15.0. The quantitative estimate of drug-likeness (QED) is 0.325. The van der Waals surface area contributed by atoms with Crippen LogP contribution in [0, 0.1) is 0 Å². The van der Waals surface area contributed by atoms with Gasteiger partial charge in [0.1, 0.15) is 6.29 Å². The molecule has 0 radical (unpaired) electrons. The van der Waals surface area contributed by atoms with Gasteiger partial charge in [0, 0.05) is 0 Å². The van der Waals surface area contributed by atoms with Crippen LogP contribution in [0.2, 0.25) is 0 Å². The Kier molecular flexibility index (Phi) is 5.63. The largest absolute Gasteiger partial charge is 0.302 e. The van der Waals surface area contributed by atoms with Crippen LogP contribution in [0.4, 0.5) is 0 Å². The lowest BCUT2D eigenvalue weighted by Crippen LogP contribution is -2.50. The van der Waals surface area contributed by atoms with E-state index in [1.807, 2.05) is 54.6 Å². The van der Waals surface area contributed by atoms with Gasteiger partial charge in [0.05, 0.1) is 10.2 Å². The number of carbonyl (C=O) groups excluding carboxylic acids is 1. The van der Waals surface area contributed by atoms with E-state index in [2.05, 4.69) is 43.3 Å². The van der Waals surface area contributed by atoms with Crippen LogP contribution in [0.3, 0.4) is 0 Å². The molecular formula is C24H24OS. The predicted molar refractivity (Wildman–Crippen MR) is 112 cm³/mol. The molecule has 1 atom stereocenters. The van der Waals surface area contributed by atoms with E-state index in [-0.39, 0.29) is 0 Å². The molecule has 0 fully saturated rings. The molecule has 0 heterocycles. The van der Waals surface area contributed by atoms with E-state index < -0.39 is 10.2 Å². The Bertz CT molecular complexity index is 733. The van der Waals surface area contributed by atoms with Crippen LogP contribution >= 0.6 is 12.6 Å². The van der Waals surface area contributed by atoms with Gasteiger partial charge in [-0.05, 0) is 23.1 Å². The number of benzene rings is 3. The third kappa shape index (κ3) is 2.99. The third-order valence-electron chi connectivity index (χ3n) is 5.10. The van der Waals surface area contributed by atoms with Crippen LogP contribution in [0.25, 0.3) is 0 Å². The molecule has 0 N–H and O–H groups in total. The first-order valence-corrected chi connectivity index (χ1v) is 9.49. The van der Waals surface area contributed by atoms with Crippen molar-refractivity contribution in [3.05, 3.63) is 108 Å². The second-order valence-corrected chi connectivity index (χ2v) is 7.44. The number of carbonyl (C=O) groups is 1. The summed E-state index contributed by atoms with van der Waals surface area (Å²) in [5.74, 6) is 0. The van der Waals surface area contributed by atoms with Crippen LogP contribution < -0.4 is 0 Å². The van der Waals surface area contributed by atoms with Gasteiger partial charge >= 0.3 is 0 Å². The third-order valence-corrected chi connectivity index (χ3v) is 5.76. The molecule has 3 aromatic rings. The SMILES string of the molecule is CCCC(S)(C=O)C(c1ccccc1)(c1ccccc1)c1ccccc1. The molecule has 0 saturated carbocycles. The Balaban J connectivity index is 2.45. The molecule has 26 heavy (non-hydrogen) atoms. The zero-order valence-corrected chi connectivity index (χ0v) is 15.9. The average Bonchev–Trinajstić information content (AvgIpc) is 2.71. The highest BCUT2D eigenvalue weighted by molar-refractivity contribution is 7.82. The fraction of sp³-hybridized carbons (Fsp3) is 0.208. The Morgan fingerprint density at radius 2 is 1.08 bits per heavy atom. The van der Waals surface area contributed by atoms with E-state index in [1.54, 1.807) is 0 Å². The fourth-order valence-electron chi connectivity index (χ4n) is 4.03. The maximum Gasteiger partial charge on any atom is 0.137 e. The van der Waals surface area contributed by atoms with Gasteiger partial charge in [-0.2, -0.15) is 12.6 Å². The molecule has 1 unspecified atom stereocenters. The number of aldehydes is 1. The molecule has 0 amide bonds. The topological polar surface area (TPSA) is 17.1 Å². The van der Waals surface area contributed by atoms with E-state index in [9.17, 15) is 4.79 Å². The molecule has 0 saturated heterocycles. The monoisotopic (exact) mass is 360 g/mol. The zero-order chi connectivity index (χ0) is 18.5. The minimum absolute atomic E-state index is 0.669. The summed E-state index contributed by atoms with van der Waals surface area (Å²) in [7, 11) is 0. The molecule has 3 aromatic carbocycles. The van der Waals surface area contributed by atoms with Crippen LogP contribution in [0.5, 0.6) is 0 Å². The van der Waals surface area contributed by atoms with Crippen molar-refractivity contribution in [1.82, 2.24) is 0 Å². The van der Waals surface area contributed by atoms with Crippen molar-refractivity contribution in [3.8, 4) is 0 Å². The minimum atomic E-state index is -0.869. The van der Waals surface area contributed by atoms with Crippen LogP contribution in [-0.2, 0) is 10.2 Å². The summed E-state index contributed by atoms with van der Waals surface area (Å²) in [6, 6.07) is 30.8. The summed E-state index contributed by atoms with van der Waals surface area (Å²) in [5, 5.41) is 0. The second kappa shape index (κ2) is 7.92. The number of thiol groups is 1. The maximum atomic E-state index is 12.5. The molecule has 0 aromatic heterocycles. The second-order valence-electron chi connectivity index (χ2n) is 6.64. The highest BCUT2D eigenvalue weighted by Gasteiger charge is 2.52. The summed E-state index contributed by atoms with van der Waals surface area (Å²) >= 11 is 5.05. The van der Waals surface area contributed by atoms with Gasteiger partial charge in [-0.3, -0.25) is 0 Å². The summed E-state index contributed by atoms with van der Waals surface area (Å²) in [6.07, 6.45) is 2.58. The van der Waals surface area contributed by atoms with E-state index in [4.69, 9.17) is 12.6 Å². The molecular weight excluding hydrogens is 336 g/mol. The first-order valence-electron chi connectivity index (χ1n) is 9.04. The normalized spacial score (nSPS) is 13.8. The van der Waals surface area contributed by atoms with Gasteiger partial charge in [0.25, 0.3) is 0 Å². The molecule has 3 rings (SSSR count). The Morgan fingerprint density at radius 1 is 0.731 bits per heavy atom. The molecule has 132 valence electrons. The van der Waals surface area contributed by atoms with Crippen LogP contribution in [0.1, 0.15) is 36.5 Å². The number of hydrogen-bond acceptors (Lipinski definition) is 2. The first kappa shape index (κ1) is 18.5. The van der Waals surface area contributed by atoms with Crippen molar-refractivity contribution >= 4 is 18.9 Å². The molecule has 0 bridgehead atoms. The summed E-state index contributed by atoms with van der Waals surface area (Å²) < 4.78 is -0.869. The Labute approximate surface area is 161 Å². The predicted octanol–water partition coefficient (Wildman–Crippen LogP) is 5.69. The fourth-order valence-corrected chi connectivity index (χ4v) is 4.64. The summed E-state index contributed by atoms with van der Waals surface area (Å²) in [6.45, 7) is 2.10. The highest BCUT2D eigenvalue weighted by Crippen LogP contribution is 2.51. The average molecular weight is 361 g/mol. The van der Waals surface area contributed by atoms with Crippen molar-refractivity contribution in [1.29, 1.82) is 0 Å². The van der Waals surface area contributed by atoms with Crippen molar-refractivity contribution in [2.24, 2.45) is 0 Å². The van der Waals surface area contributed by atoms with E-state index in [0.29, 0.717) is 6.42 Å². The van der Waals surface area contributed by atoms with Crippen molar-refractivity contribution in [2.75, 3.05) is 0 Å². The highest BCUT2D eigenvalue weighted by atomic mass is 32.1. The molecule has 0 aliphatic heterocycles. The van der Waals surface area contributed by atoms with Gasteiger partial charge in [-0.15, -0.1) is 0 Å². The summed E-state index contributed by atoms with van der Waals surface area (Å²) in [4.78, 5) is 12.5. The van der Waals surface area contributed by atoms with E-state index in [1.165, 1.54) is 0 Å². The Morgan fingerprint density at radius 3 is 1.35 bits per heavy atom. The smallest absolute Gasteiger partial charge is 0.137 e. The van der Waals surface area contributed by atoms with Gasteiger partial charge < -0.3 is 4.79 Å². The van der Waals surface area contributed by atoms with Crippen LogP contribution in [-0.4, -0.2) is 11.0 Å². The van der Waals surface area contributed by atoms with Gasteiger partial charge in [0.2, 0.25) is 0 Å². The summed E-state index contributed by atoms with van der Waals surface area (Å²) in [5.41, 5.74) is 2.56. The maximum absolute atomic E-state index is 12.5. The van der Waals surface area contributed by atoms with Crippen molar-refractivity contribution in [3.63, 3.8) is 0 Å². The van der Waals surface area contributed by atoms with E-state index >= 15 is 0 Å². The van der Waals surface area contributed by atoms with Crippen LogP contribution in [0.15, 0.2) is 91.0 Å². The van der Waals surface area contributed by atoms with E-state index in [0.717, 1.165) is 29.4 Å². The number of hydrogen-bond donors (Lipinski definition) is 1. The lowest BCUT2D eigenvalue weighted by atomic mass is 9.60. The van der Waals surface area contributed by atoms with Gasteiger partial charge in [-0.1, -0.05) is 104 Å². The molecule has 0 aliphatic rings. The first-order chi connectivity index (χ1) is 12.7. The van der Waals surface area contributed by atoms with Gasteiger partial charge in [-0.25, -0.2) is 0 Å². The van der Waals surface area contributed by atoms with Gasteiger partial charge in [0.15, 0.2) is 0 Å².